The molecule has 4 aliphatic rings. The summed E-state index contributed by atoms with van der Waals surface area (Å²) < 4.78 is 28.6. The fraction of sp³-hybridized carbons (Fsp3) is 0.649. The Labute approximate surface area is 304 Å². The van der Waals surface area contributed by atoms with E-state index >= 15 is 0 Å². The van der Waals surface area contributed by atoms with Crippen molar-refractivity contribution in [2.45, 2.75) is 127 Å². The van der Waals surface area contributed by atoms with Crippen molar-refractivity contribution in [3.8, 4) is 11.5 Å². The second-order valence-corrected chi connectivity index (χ2v) is 15.2. The lowest BCUT2D eigenvalue weighted by atomic mass is 9.50. The van der Waals surface area contributed by atoms with E-state index in [0.29, 0.717) is 50.3 Å². The van der Waals surface area contributed by atoms with E-state index in [9.17, 15) is 29.1 Å². The molecule has 1 aromatic rings. The second kappa shape index (κ2) is 14.9. The van der Waals surface area contributed by atoms with Gasteiger partial charge in [0.25, 0.3) is 0 Å². The number of piperidine rings is 1. The fourth-order valence-electron chi connectivity index (χ4n) is 7.98. The molecular weight excluding hydrogens is 676 g/mol. The Morgan fingerprint density at radius 2 is 1.83 bits per heavy atom. The Kier molecular flexibility index (Phi) is 11.2. The van der Waals surface area contributed by atoms with Gasteiger partial charge in [0.05, 0.1) is 18.1 Å². The molecule has 0 radical (unpaired) electrons. The number of hydrogen-bond acceptors (Lipinski definition) is 12. The molecule has 1 saturated heterocycles. The van der Waals surface area contributed by atoms with Crippen molar-refractivity contribution in [3.63, 3.8) is 0 Å². The van der Waals surface area contributed by atoms with Crippen molar-refractivity contribution >= 4 is 29.8 Å². The van der Waals surface area contributed by atoms with Gasteiger partial charge in [0, 0.05) is 31.5 Å². The predicted molar refractivity (Wildman–Crippen MR) is 186 cm³/mol. The normalized spacial score (nSPS) is 25.9. The standard InChI is InChI=1S/C37H52N4O11/c1-20(39-31(43)24(40-22(3)42)11-9-10-17-38-34(46)52-35(4,5)6)32(44)49-21(2)33(45)50-26-14-15-37(47)27-19-23-12-13-25(48-8)29-28(23)36(37,30(26)51-29)16-18-41(27)7/h12-14,20-21,24,27,30,47H,9-11,15-19H2,1-8H3,(H,38,46)(H,39,43)(H,40,42)/t20-,21-,24-,27+,30-,36-,37+/m0/s1. The van der Waals surface area contributed by atoms with Crippen molar-refractivity contribution in [2.75, 3.05) is 27.2 Å². The molecular formula is C37H52N4O11. The summed E-state index contributed by atoms with van der Waals surface area (Å²) >= 11 is 0. The molecule has 4 N–H and O–H groups in total. The molecule has 1 fully saturated rings. The maximum atomic E-state index is 13.4. The first-order chi connectivity index (χ1) is 24.4. The van der Waals surface area contributed by atoms with Crippen LogP contribution in [0, 0.1) is 0 Å². The monoisotopic (exact) mass is 728 g/mol. The largest absolute Gasteiger partial charge is 0.493 e. The van der Waals surface area contributed by atoms with Gasteiger partial charge in [-0.1, -0.05) is 6.07 Å². The molecule has 1 spiro atoms. The number of carbonyl (C=O) groups is 5. The third kappa shape index (κ3) is 7.43. The van der Waals surface area contributed by atoms with Gasteiger partial charge in [0.1, 0.15) is 23.4 Å². The molecule has 0 unspecified atom stereocenters. The zero-order chi connectivity index (χ0) is 38.2. The lowest BCUT2D eigenvalue weighted by Gasteiger charge is -2.61. The number of benzene rings is 1. The van der Waals surface area contributed by atoms with Gasteiger partial charge in [0.15, 0.2) is 23.7 Å². The highest BCUT2D eigenvalue weighted by Gasteiger charge is 2.72. The summed E-state index contributed by atoms with van der Waals surface area (Å²) in [7, 11) is 3.56. The molecule has 15 nitrogen and oxygen atoms in total. The molecule has 0 aromatic heterocycles. The summed E-state index contributed by atoms with van der Waals surface area (Å²) in [5, 5.41) is 20.2. The van der Waals surface area contributed by atoms with Gasteiger partial charge in [-0.25, -0.2) is 14.4 Å². The quantitative estimate of drug-likeness (QED) is 0.132. The lowest BCUT2D eigenvalue weighted by Crippen LogP contribution is -2.74. The average molecular weight is 729 g/mol. The van der Waals surface area contributed by atoms with Gasteiger partial charge in [0.2, 0.25) is 11.8 Å². The maximum absolute atomic E-state index is 13.4. The fourth-order valence-corrected chi connectivity index (χ4v) is 7.98. The van der Waals surface area contributed by atoms with Crippen LogP contribution in [-0.2, 0) is 45.2 Å². The van der Waals surface area contributed by atoms with E-state index in [1.807, 2.05) is 19.2 Å². The summed E-state index contributed by atoms with van der Waals surface area (Å²) in [6, 6.07) is 1.59. The number of hydrogen-bond donors (Lipinski definition) is 4. The molecule has 1 aromatic carbocycles. The van der Waals surface area contributed by atoms with Crippen molar-refractivity contribution in [3.05, 3.63) is 35.1 Å². The van der Waals surface area contributed by atoms with Gasteiger partial charge in [-0.15, -0.1) is 0 Å². The van der Waals surface area contributed by atoms with Crippen LogP contribution in [0.4, 0.5) is 4.79 Å². The number of amides is 3. The minimum absolute atomic E-state index is 0.171. The van der Waals surface area contributed by atoms with Crippen molar-refractivity contribution < 1.29 is 52.8 Å². The molecule has 2 heterocycles. The molecule has 7 atom stereocenters. The summed E-state index contributed by atoms with van der Waals surface area (Å²) in [6.45, 7) is 10.4. The van der Waals surface area contributed by atoms with Crippen LogP contribution in [0.2, 0.25) is 0 Å². The van der Waals surface area contributed by atoms with Crippen LogP contribution in [0.15, 0.2) is 24.0 Å². The van der Waals surface area contributed by atoms with E-state index in [2.05, 4.69) is 20.9 Å². The number of nitrogens with one attached hydrogen (secondary N) is 3. The molecule has 5 rings (SSSR count). The number of likely N-dealkylation sites (N-methyl/N-ethyl adjacent to an activating group) is 1. The molecule has 15 heteroatoms. The predicted octanol–water partition coefficient (Wildman–Crippen LogP) is 2.15. The molecule has 2 aliphatic heterocycles. The van der Waals surface area contributed by atoms with Gasteiger partial charge in [-0.05, 0) is 98.0 Å². The SMILES string of the molecule is COc1ccc2c3c1O[C@H]1C(OC(=O)[C@H](C)OC(=O)[C@H](C)NC(=O)[C@H](CCCCNC(=O)OC(C)(C)C)NC(C)=O)=CC[C@@]4(O)[C@@H](C2)N(C)CC[C@]314. The number of methoxy groups -OCH3 is 1. The van der Waals surface area contributed by atoms with Gasteiger partial charge in [-0.2, -0.15) is 0 Å². The highest BCUT2D eigenvalue weighted by atomic mass is 16.6. The van der Waals surface area contributed by atoms with Crippen LogP contribution < -0.4 is 25.4 Å². The topological polar surface area (TPSA) is 191 Å². The van der Waals surface area contributed by atoms with E-state index in [1.54, 1.807) is 34.0 Å². The first kappa shape index (κ1) is 38.9. The third-order valence-corrected chi connectivity index (χ3v) is 10.4. The van der Waals surface area contributed by atoms with Crippen LogP contribution in [0.1, 0.15) is 84.8 Å². The maximum Gasteiger partial charge on any atom is 0.407 e. The summed E-state index contributed by atoms with van der Waals surface area (Å²) in [6.07, 6.45) is 1.65. The number of ether oxygens (including phenoxy) is 5. The minimum atomic E-state index is -1.35. The number of esters is 2. The van der Waals surface area contributed by atoms with Gasteiger partial charge in [-0.3, -0.25) is 9.59 Å². The number of carbonyl (C=O) groups excluding carboxylic acids is 5. The number of aliphatic hydroxyl groups is 1. The Bertz CT molecular complexity index is 1620. The van der Waals surface area contributed by atoms with Crippen molar-refractivity contribution in [1.82, 2.24) is 20.9 Å². The number of unbranched alkanes of at least 4 members (excludes halogenated alkanes) is 1. The lowest BCUT2D eigenvalue weighted by molar-refractivity contribution is -0.176. The summed E-state index contributed by atoms with van der Waals surface area (Å²) in [4.78, 5) is 65.3. The first-order valence-corrected chi connectivity index (χ1v) is 17.9. The number of likely N-dealkylation sites (tertiary alicyclic amines) is 1. The van der Waals surface area contributed by atoms with Gasteiger partial charge >= 0.3 is 18.0 Å². The van der Waals surface area contributed by atoms with Crippen molar-refractivity contribution in [1.29, 1.82) is 0 Å². The summed E-state index contributed by atoms with van der Waals surface area (Å²) in [5.74, 6) is -1.46. The molecule has 286 valence electrons. The smallest absolute Gasteiger partial charge is 0.407 e. The van der Waals surface area contributed by atoms with E-state index in [-0.39, 0.29) is 24.6 Å². The Morgan fingerprint density at radius 3 is 2.50 bits per heavy atom. The van der Waals surface area contributed by atoms with E-state index in [1.165, 1.54) is 20.8 Å². The molecule has 52 heavy (non-hydrogen) atoms. The van der Waals surface area contributed by atoms with Crippen LogP contribution in [0.3, 0.4) is 0 Å². The Balaban J connectivity index is 1.18. The highest BCUT2D eigenvalue weighted by molar-refractivity contribution is 5.90. The zero-order valence-corrected chi connectivity index (χ0v) is 31.3. The average Bonchev–Trinajstić information content (AvgIpc) is 3.41. The molecule has 0 saturated carbocycles. The third-order valence-electron chi connectivity index (χ3n) is 10.4. The van der Waals surface area contributed by atoms with Crippen molar-refractivity contribution in [2.24, 2.45) is 0 Å². The number of rotatable bonds is 13. The Hall–Kier alpha value is -4.37. The molecule has 2 aliphatic carbocycles. The van der Waals surface area contributed by atoms with Crippen LogP contribution in [-0.4, -0.2) is 109 Å². The van der Waals surface area contributed by atoms with Crippen LogP contribution in [0.5, 0.6) is 11.5 Å². The van der Waals surface area contributed by atoms with E-state index in [0.717, 1.165) is 11.1 Å². The van der Waals surface area contributed by atoms with Crippen LogP contribution in [0.25, 0.3) is 0 Å². The number of alkyl carbamates (subject to hydrolysis) is 1. The minimum Gasteiger partial charge on any atom is -0.493 e. The number of nitrogens with zero attached hydrogens (tertiary/aromatic N) is 1. The molecule has 3 amide bonds. The molecule has 2 bridgehead atoms. The second-order valence-electron chi connectivity index (χ2n) is 15.2. The first-order valence-electron chi connectivity index (χ1n) is 17.9. The highest BCUT2D eigenvalue weighted by Crippen LogP contribution is 2.65. The Morgan fingerprint density at radius 1 is 1.10 bits per heavy atom. The summed E-state index contributed by atoms with van der Waals surface area (Å²) in [5.41, 5.74) is -0.725. The zero-order valence-electron chi connectivity index (χ0n) is 31.3. The van der Waals surface area contributed by atoms with Gasteiger partial charge < -0.3 is 49.6 Å². The van der Waals surface area contributed by atoms with E-state index < -0.39 is 70.8 Å². The van der Waals surface area contributed by atoms with Crippen LogP contribution >= 0.6 is 0 Å². The van der Waals surface area contributed by atoms with E-state index in [4.69, 9.17) is 23.7 Å².